The average Bonchev–Trinajstić information content (AvgIpc) is 3.10. The summed E-state index contributed by atoms with van der Waals surface area (Å²) in [6, 6.07) is 10.2. The number of aromatic nitrogens is 2. The molecule has 1 aromatic carbocycles. The molecule has 0 saturated carbocycles. The molecule has 0 radical (unpaired) electrons. The van der Waals surface area contributed by atoms with Crippen molar-refractivity contribution in [2.75, 3.05) is 23.3 Å². The minimum Gasteiger partial charge on any atom is -0.354 e. The molecule has 2 heterocycles. The molecule has 1 amide bonds. The van der Waals surface area contributed by atoms with Gasteiger partial charge in [-0.3, -0.25) is 4.79 Å². The van der Waals surface area contributed by atoms with Crippen molar-refractivity contribution in [1.82, 2.24) is 15.3 Å². The van der Waals surface area contributed by atoms with Crippen LogP contribution in [0.25, 0.3) is 0 Å². The second kappa shape index (κ2) is 8.81. The third-order valence-electron chi connectivity index (χ3n) is 4.61. The Kier molecular flexibility index (Phi) is 6.24. The summed E-state index contributed by atoms with van der Waals surface area (Å²) in [5.41, 5.74) is 8.74. The first-order valence-electron chi connectivity index (χ1n) is 9.53. The lowest BCUT2D eigenvalue weighted by Crippen LogP contribution is -2.35. The number of rotatable bonds is 7. The standard InChI is InChI=1S/C20H28N6O/c1-3-5-16-11-19(26-9-8-18(13-26)22-14(2)27)25-20(23-16)24-17-7-4-6-15(10-17)12-21/h4,6-7,10-11,18H,3,5,8-9,12-13,21H2,1-2H3,(H,22,27)(H,23,24,25)/t18-/m0/s1. The van der Waals surface area contributed by atoms with Gasteiger partial charge in [-0.2, -0.15) is 4.98 Å². The van der Waals surface area contributed by atoms with Crippen LogP contribution >= 0.6 is 0 Å². The zero-order chi connectivity index (χ0) is 19.2. The number of hydrogen-bond donors (Lipinski definition) is 3. The lowest BCUT2D eigenvalue weighted by Gasteiger charge is -2.19. The number of carbonyl (C=O) groups excluding carboxylic acids is 1. The number of benzene rings is 1. The van der Waals surface area contributed by atoms with E-state index < -0.39 is 0 Å². The van der Waals surface area contributed by atoms with E-state index in [1.165, 1.54) is 0 Å². The van der Waals surface area contributed by atoms with Gasteiger partial charge in [-0.15, -0.1) is 0 Å². The third-order valence-corrected chi connectivity index (χ3v) is 4.61. The zero-order valence-electron chi connectivity index (χ0n) is 16.0. The van der Waals surface area contributed by atoms with Gasteiger partial charge in [-0.25, -0.2) is 4.98 Å². The molecule has 4 N–H and O–H groups in total. The van der Waals surface area contributed by atoms with Gasteiger partial charge in [0.15, 0.2) is 0 Å². The summed E-state index contributed by atoms with van der Waals surface area (Å²) >= 11 is 0. The topological polar surface area (TPSA) is 96.2 Å². The largest absolute Gasteiger partial charge is 0.354 e. The summed E-state index contributed by atoms with van der Waals surface area (Å²) in [5, 5.41) is 6.31. The molecule has 1 aliphatic rings. The molecule has 0 unspecified atom stereocenters. The average molecular weight is 368 g/mol. The zero-order valence-corrected chi connectivity index (χ0v) is 16.0. The van der Waals surface area contributed by atoms with E-state index in [1.54, 1.807) is 6.92 Å². The van der Waals surface area contributed by atoms with Crippen LogP contribution in [0.4, 0.5) is 17.5 Å². The predicted molar refractivity (Wildman–Crippen MR) is 108 cm³/mol. The molecular formula is C20H28N6O. The van der Waals surface area contributed by atoms with E-state index in [2.05, 4.69) is 33.5 Å². The number of aryl methyl sites for hydroxylation is 1. The number of nitrogens with zero attached hydrogens (tertiary/aromatic N) is 3. The molecule has 1 fully saturated rings. The van der Waals surface area contributed by atoms with Crippen molar-refractivity contribution in [3.8, 4) is 0 Å². The van der Waals surface area contributed by atoms with Gasteiger partial charge in [0.2, 0.25) is 11.9 Å². The van der Waals surface area contributed by atoms with Crippen LogP contribution in [0.2, 0.25) is 0 Å². The second-order valence-electron chi connectivity index (χ2n) is 6.95. The molecule has 144 valence electrons. The van der Waals surface area contributed by atoms with E-state index in [9.17, 15) is 4.79 Å². The molecule has 7 nitrogen and oxygen atoms in total. The molecule has 1 aliphatic heterocycles. The Labute approximate surface area is 160 Å². The molecular weight excluding hydrogens is 340 g/mol. The van der Waals surface area contributed by atoms with Gasteiger partial charge in [-0.1, -0.05) is 25.5 Å². The third kappa shape index (κ3) is 5.17. The van der Waals surface area contributed by atoms with Crippen molar-refractivity contribution in [2.24, 2.45) is 5.73 Å². The SMILES string of the molecule is CCCc1cc(N2CC[C@H](NC(C)=O)C2)nc(Nc2cccc(CN)c2)n1. The number of anilines is 3. The number of nitrogens with two attached hydrogens (primary N) is 1. The maximum absolute atomic E-state index is 11.3. The molecule has 2 aromatic rings. The van der Waals surface area contributed by atoms with E-state index in [0.29, 0.717) is 12.5 Å². The van der Waals surface area contributed by atoms with Gasteiger partial charge in [0.05, 0.1) is 0 Å². The molecule has 1 atom stereocenters. The fraction of sp³-hybridized carbons (Fsp3) is 0.450. The van der Waals surface area contributed by atoms with Crippen molar-refractivity contribution in [1.29, 1.82) is 0 Å². The Hall–Kier alpha value is -2.67. The quantitative estimate of drug-likeness (QED) is 0.694. The summed E-state index contributed by atoms with van der Waals surface area (Å²) in [5.74, 6) is 1.50. The normalized spacial score (nSPS) is 16.4. The molecule has 0 bridgehead atoms. The Morgan fingerprint density at radius 2 is 2.19 bits per heavy atom. The summed E-state index contributed by atoms with van der Waals surface area (Å²) in [4.78, 5) is 22.9. The number of nitrogens with one attached hydrogen (secondary N) is 2. The van der Waals surface area contributed by atoms with Crippen LogP contribution in [0, 0.1) is 0 Å². The first kappa shape index (κ1) is 19.1. The van der Waals surface area contributed by atoms with Crippen LogP contribution in [0.3, 0.4) is 0 Å². The van der Waals surface area contributed by atoms with E-state index in [4.69, 9.17) is 10.7 Å². The van der Waals surface area contributed by atoms with Crippen molar-refractivity contribution in [2.45, 2.75) is 45.7 Å². The maximum atomic E-state index is 11.3. The van der Waals surface area contributed by atoms with Crippen molar-refractivity contribution in [3.63, 3.8) is 0 Å². The van der Waals surface area contributed by atoms with Crippen molar-refractivity contribution < 1.29 is 4.79 Å². The van der Waals surface area contributed by atoms with Crippen LogP contribution in [0.15, 0.2) is 30.3 Å². The van der Waals surface area contributed by atoms with E-state index in [1.807, 2.05) is 24.3 Å². The smallest absolute Gasteiger partial charge is 0.229 e. The second-order valence-corrected chi connectivity index (χ2v) is 6.95. The summed E-state index contributed by atoms with van der Waals surface area (Å²) in [7, 11) is 0. The highest BCUT2D eigenvalue weighted by Gasteiger charge is 2.24. The van der Waals surface area contributed by atoms with Crippen LogP contribution in [0.5, 0.6) is 0 Å². The predicted octanol–water partition coefficient (Wildman–Crippen LogP) is 2.35. The lowest BCUT2D eigenvalue weighted by molar-refractivity contribution is -0.119. The molecule has 3 rings (SSSR count). The fourth-order valence-corrected chi connectivity index (χ4v) is 3.36. The van der Waals surface area contributed by atoms with E-state index in [0.717, 1.165) is 55.1 Å². The maximum Gasteiger partial charge on any atom is 0.229 e. The molecule has 27 heavy (non-hydrogen) atoms. The first-order valence-corrected chi connectivity index (χ1v) is 9.53. The van der Waals surface area contributed by atoms with Crippen LogP contribution in [0.1, 0.15) is 37.9 Å². The van der Waals surface area contributed by atoms with Crippen molar-refractivity contribution in [3.05, 3.63) is 41.6 Å². The number of carbonyl (C=O) groups is 1. The Bertz CT molecular complexity index is 794. The van der Waals surface area contributed by atoms with E-state index >= 15 is 0 Å². The highest BCUT2D eigenvalue weighted by molar-refractivity contribution is 5.73. The van der Waals surface area contributed by atoms with Gasteiger partial charge >= 0.3 is 0 Å². The van der Waals surface area contributed by atoms with Gasteiger partial charge < -0.3 is 21.3 Å². The minimum atomic E-state index is 0.0124. The lowest BCUT2D eigenvalue weighted by atomic mass is 10.2. The van der Waals surface area contributed by atoms with Crippen LogP contribution in [-0.2, 0) is 17.8 Å². The Balaban J connectivity index is 1.81. The fourth-order valence-electron chi connectivity index (χ4n) is 3.36. The van der Waals surface area contributed by atoms with Crippen molar-refractivity contribution >= 4 is 23.4 Å². The van der Waals surface area contributed by atoms with Gasteiger partial charge in [0, 0.05) is 50.0 Å². The van der Waals surface area contributed by atoms with Gasteiger partial charge in [0.1, 0.15) is 5.82 Å². The highest BCUT2D eigenvalue weighted by Crippen LogP contribution is 2.23. The summed E-state index contributed by atoms with van der Waals surface area (Å²) in [6.07, 6.45) is 2.84. The van der Waals surface area contributed by atoms with Crippen LogP contribution in [-0.4, -0.2) is 35.0 Å². The van der Waals surface area contributed by atoms with Gasteiger partial charge in [0.25, 0.3) is 0 Å². The Morgan fingerprint density at radius 3 is 2.93 bits per heavy atom. The summed E-state index contributed by atoms with van der Waals surface area (Å²) < 4.78 is 0. The molecule has 1 saturated heterocycles. The van der Waals surface area contributed by atoms with E-state index in [-0.39, 0.29) is 11.9 Å². The summed E-state index contributed by atoms with van der Waals surface area (Å²) in [6.45, 7) is 5.84. The van der Waals surface area contributed by atoms with Crippen LogP contribution < -0.4 is 21.3 Å². The molecule has 0 spiro atoms. The first-order chi connectivity index (χ1) is 13.1. The molecule has 7 heteroatoms. The highest BCUT2D eigenvalue weighted by atomic mass is 16.1. The Morgan fingerprint density at radius 1 is 1.33 bits per heavy atom. The number of hydrogen-bond acceptors (Lipinski definition) is 6. The number of amides is 1. The molecule has 1 aromatic heterocycles. The minimum absolute atomic E-state index is 0.0124. The molecule has 0 aliphatic carbocycles. The van der Waals surface area contributed by atoms with Gasteiger partial charge in [-0.05, 0) is 30.5 Å². The monoisotopic (exact) mass is 368 g/mol.